The standard InChI is InChI=1S/C18H20N6OS/c1-12-5-6-19-15(10-12)24-17-11-16(22-13(2)23-17)20-7-8-21-18(25)14-4-3-9-26-14/h3-6,9-11H,7-8H2,1-2H3,(H,21,25)(H2,19,20,22,23,24). The van der Waals surface area contributed by atoms with Crippen molar-refractivity contribution in [3.63, 3.8) is 0 Å². The Hall–Kier alpha value is -3.00. The van der Waals surface area contributed by atoms with Crippen LogP contribution in [0.25, 0.3) is 0 Å². The Labute approximate surface area is 155 Å². The van der Waals surface area contributed by atoms with Crippen LogP contribution in [0.3, 0.4) is 0 Å². The Morgan fingerprint density at radius 1 is 1.08 bits per heavy atom. The minimum absolute atomic E-state index is 0.0615. The topological polar surface area (TPSA) is 91.8 Å². The number of carbonyl (C=O) groups excluding carboxylic acids is 1. The zero-order chi connectivity index (χ0) is 18.4. The number of hydrogen-bond donors (Lipinski definition) is 3. The third-order valence-electron chi connectivity index (χ3n) is 3.47. The lowest BCUT2D eigenvalue weighted by atomic mass is 10.3. The van der Waals surface area contributed by atoms with Gasteiger partial charge in [-0.3, -0.25) is 4.79 Å². The van der Waals surface area contributed by atoms with Gasteiger partial charge in [-0.2, -0.15) is 0 Å². The molecule has 3 rings (SSSR count). The second kappa shape index (κ2) is 8.39. The fourth-order valence-corrected chi connectivity index (χ4v) is 2.96. The number of aromatic nitrogens is 3. The van der Waals surface area contributed by atoms with E-state index in [1.165, 1.54) is 11.3 Å². The Morgan fingerprint density at radius 3 is 2.69 bits per heavy atom. The molecule has 0 aliphatic carbocycles. The van der Waals surface area contributed by atoms with Crippen LogP contribution < -0.4 is 16.0 Å². The summed E-state index contributed by atoms with van der Waals surface area (Å²) >= 11 is 1.42. The molecule has 0 saturated heterocycles. The first kappa shape index (κ1) is 17.8. The third-order valence-corrected chi connectivity index (χ3v) is 4.34. The summed E-state index contributed by atoms with van der Waals surface area (Å²) in [6, 6.07) is 9.37. The molecular formula is C18H20N6OS. The van der Waals surface area contributed by atoms with Crippen LogP contribution in [-0.2, 0) is 0 Å². The third kappa shape index (κ3) is 5.00. The molecule has 0 aromatic carbocycles. The fraction of sp³-hybridized carbons (Fsp3) is 0.222. The van der Waals surface area contributed by atoms with Gasteiger partial charge in [-0.1, -0.05) is 6.07 Å². The van der Waals surface area contributed by atoms with Gasteiger partial charge in [0, 0.05) is 25.4 Å². The van der Waals surface area contributed by atoms with Crippen LogP contribution in [-0.4, -0.2) is 33.9 Å². The van der Waals surface area contributed by atoms with Crippen LogP contribution >= 0.6 is 11.3 Å². The van der Waals surface area contributed by atoms with Gasteiger partial charge in [0.15, 0.2) is 0 Å². The lowest BCUT2D eigenvalue weighted by molar-refractivity contribution is 0.0959. The molecular weight excluding hydrogens is 348 g/mol. The summed E-state index contributed by atoms with van der Waals surface area (Å²) in [5.41, 5.74) is 1.12. The van der Waals surface area contributed by atoms with Crippen LogP contribution in [0.2, 0.25) is 0 Å². The van der Waals surface area contributed by atoms with Crippen LogP contribution in [0.5, 0.6) is 0 Å². The van der Waals surface area contributed by atoms with E-state index in [9.17, 15) is 4.79 Å². The average Bonchev–Trinajstić information content (AvgIpc) is 3.13. The lowest BCUT2D eigenvalue weighted by Crippen LogP contribution is -2.28. The van der Waals surface area contributed by atoms with Crippen molar-refractivity contribution in [1.82, 2.24) is 20.3 Å². The van der Waals surface area contributed by atoms with E-state index in [2.05, 4.69) is 30.9 Å². The summed E-state index contributed by atoms with van der Waals surface area (Å²) in [6.07, 6.45) is 1.75. The highest BCUT2D eigenvalue weighted by Gasteiger charge is 2.06. The smallest absolute Gasteiger partial charge is 0.261 e. The summed E-state index contributed by atoms with van der Waals surface area (Å²) in [6.45, 7) is 4.91. The van der Waals surface area contributed by atoms with Gasteiger partial charge in [0.25, 0.3) is 5.91 Å². The van der Waals surface area contributed by atoms with E-state index in [0.717, 1.165) is 11.4 Å². The summed E-state index contributed by atoms with van der Waals surface area (Å²) in [4.78, 5) is 25.6. The molecule has 26 heavy (non-hydrogen) atoms. The molecule has 0 aliphatic rings. The number of nitrogens with one attached hydrogen (secondary N) is 3. The molecule has 0 saturated carbocycles. The molecule has 0 atom stereocenters. The largest absolute Gasteiger partial charge is 0.368 e. The monoisotopic (exact) mass is 368 g/mol. The van der Waals surface area contributed by atoms with Crippen molar-refractivity contribution in [2.24, 2.45) is 0 Å². The number of rotatable bonds is 7. The second-order valence-corrected chi connectivity index (χ2v) is 6.64. The maximum absolute atomic E-state index is 11.9. The molecule has 0 aliphatic heterocycles. The molecule has 3 aromatic rings. The highest BCUT2D eigenvalue weighted by atomic mass is 32.1. The van der Waals surface area contributed by atoms with Crippen molar-refractivity contribution in [3.8, 4) is 0 Å². The molecule has 3 aromatic heterocycles. The van der Waals surface area contributed by atoms with Crippen molar-refractivity contribution in [1.29, 1.82) is 0 Å². The number of thiophene rings is 1. The number of hydrogen-bond acceptors (Lipinski definition) is 7. The summed E-state index contributed by atoms with van der Waals surface area (Å²) < 4.78 is 0. The van der Waals surface area contributed by atoms with Crippen molar-refractivity contribution in [3.05, 3.63) is 58.2 Å². The SMILES string of the molecule is Cc1ccnc(Nc2cc(NCCNC(=O)c3cccs3)nc(C)n2)c1. The molecule has 0 spiro atoms. The van der Waals surface area contributed by atoms with Crippen molar-refractivity contribution in [2.45, 2.75) is 13.8 Å². The quantitative estimate of drug-likeness (QED) is 0.555. The molecule has 8 heteroatoms. The van der Waals surface area contributed by atoms with Gasteiger partial charge in [0.2, 0.25) is 0 Å². The van der Waals surface area contributed by atoms with E-state index in [0.29, 0.717) is 35.4 Å². The lowest BCUT2D eigenvalue weighted by Gasteiger charge is -2.10. The fourth-order valence-electron chi connectivity index (χ4n) is 2.32. The van der Waals surface area contributed by atoms with Gasteiger partial charge in [-0.25, -0.2) is 15.0 Å². The maximum atomic E-state index is 11.9. The average molecular weight is 368 g/mol. The predicted octanol–water partition coefficient (Wildman–Crippen LogP) is 3.14. The number of nitrogens with zero attached hydrogens (tertiary/aromatic N) is 3. The van der Waals surface area contributed by atoms with Crippen LogP contribution in [0.4, 0.5) is 17.5 Å². The first-order chi connectivity index (χ1) is 12.6. The minimum atomic E-state index is -0.0615. The first-order valence-corrected chi connectivity index (χ1v) is 9.09. The number of anilines is 3. The van der Waals surface area contributed by atoms with E-state index < -0.39 is 0 Å². The Morgan fingerprint density at radius 2 is 1.92 bits per heavy atom. The molecule has 0 radical (unpaired) electrons. The number of carbonyl (C=O) groups is 1. The number of amides is 1. The van der Waals surface area contributed by atoms with Crippen LogP contribution in [0.1, 0.15) is 21.1 Å². The molecule has 1 amide bonds. The Balaban J connectivity index is 1.55. The molecule has 3 N–H and O–H groups in total. The van der Waals surface area contributed by atoms with Gasteiger partial charge in [0.1, 0.15) is 23.3 Å². The maximum Gasteiger partial charge on any atom is 0.261 e. The molecule has 3 heterocycles. The second-order valence-electron chi connectivity index (χ2n) is 5.69. The van der Waals surface area contributed by atoms with Gasteiger partial charge >= 0.3 is 0 Å². The highest BCUT2D eigenvalue weighted by molar-refractivity contribution is 7.12. The summed E-state index contributed by atoms with van der Waals surface area (Å²) in [7, 11) is 0. The molecule has 134 valence electrons. The van der Waals surface area contributed by atoms with Gasteiger partial charge < -0.3 is 16.0 Å². The van der Waals surface area contributed by atoms with Gasteiger partial charge in [0.05, 0.1) is 4.88 Å². The van der Waals surface area contributed by atoms with E-state index in [4.69, 9.17) is 0 Å². The van der Waals surface area contributed by atoms with Crippen molar-refractivity contribution < 1.29 is 4.79 Å². The number of pyridine rings is 1. The van der Waals surface area contributed by atoms with Crippen molar-refractivity contribution in [2.75, 3.05) is 23.7 Å². The Bertz CT molecular complexity index is 881. The molecule has 0 bridgehead atoms. The molecule has 0 fully saturated rings. The van der Waals surface area contributed by atoms with E-state index in [1.807, 2.05) is 43.5 Å². The van der Waals surface area contributed by atoms with Crippen LogP contribution in [0.15, 0.2) is 41.9 Å². The Kier molecular flexibility index (Phi) is 5.75. The van der Waals surface area contributed by atoms with Crippen molar-refractivity contribution >= 4 is 34.7 Å². The molecule has 7 nitrogen and oxygen atoms in total. The normalized spacial score (nSPS) is 10.4. The predicted molar refractivity (Wildman–Crippen MR) is 104 cm³/mol. The summed E-state index contributed by atoms with van der Waals surface area (Å²) in [5, 5.41) is 11.1. The zero-order valence-electron chi connectivity index (χ0n) is 14.6. The zero-order valence-corrected chi connectivity index (χ0v) is 15.4. The van der Waals surface area contributed by atoms with Gasteiger partial charge in [-0.05, 0) is 43.0 Å². The number of aryl methyl sites for hydroxylation is 2. The highest BCUT2D eigenvalue weighted by Crippen LogP contribution is 2.16. The summed E-state index contributed by atoms with van der Waals surface area (Å²) in [5.74, 6) is 2.68. The van der Waals surface area contributed by atoms with Crippen LogP contribution in [0, 0.1) is 13.8 Å². The van der Waals surface area contributed by atoms with E-state index in [1.54, 1.807) is 12.3 Å². The van der Waals surface area contributed by atoms with Gasteiger partial charge in [-0.15, -0.1) is 11.3 Å². The minimum Gasteiger partial charge on any atom is -0.368 e. The molecule has 0 unspecified atom stereocenters. The first-order valence-electron chi connectivity index (χ1n) is 8.21. The van der Waals surface area contributed by atoms with E-state index >= 15 is 0 Å². The van der Waals surface area contributed by atoms with E-state index in [-0.39, 0.29) is 5.91 Å².